The summed E-state index contributed by atoms with van der Waals surface area (Å²) in [6.45, 7) is 0. The van der Waals surface area contributed by atoms with Crippen LogP contribution in [0.1, 0.15) is 6.42 Å². The van der Waals surface area contributed by atoms with E-state index in [0.29, 0.717) is 0 Å². The Morgan fingerprint density at radius 3 is 0.842 bits per heavy atom. The molecule has 0 bridgehead atoms. The van der Waals surface area contributed by atoms with Crippen molar-refractivity contribution in [1.82, 2.24) is 0 Å². The van der Waals surface area contributed by atoms with Crippen LogP contribution in [0.2, 0.25) is 0 Å². The van der Waals surface area contributed by atoms with Gasteiger partial charge in [0.1, 0.15) is 6.42 Å². The summed E-state index contributed by atoms with van der Waals surface area (Å²) >= 11 is 0. The van der Waals surface area contributed by atoms with Crippen molar-refractivity contribution in [2.75, 3.05) is 0 Å². The van der Waals surface area contributed by atoms with Gasteiger partial charge in [0.15, 0.2) is 0 Å². The third-order valence-electron chi connectivity index (χ3n) is 1.05. The Kier molecular flexibility index (Phi) is 6.48. The molecule has 0 aromatic rings. The highest BCUT2D eigenvalue weighted by atomic mass is 19.4. The lowest BCUT2D eigenvalue weighted by atomic mass is 10.3. The summed E-state index contributed by atoms with van der Waals surface area (Å²) in [7, 11) is 0. The first-order valence-electron chi connectivity index (χ1n) is 3.76. The van der Waals surface area contributed by atoms with Gasteiger partial charge in [0.2, 0.25) is 0 Å². The van der Waals surface area contributed by atoms with Crippen LogP contribution in [-0.4, -0.2) is 30.9 Å². The van der Waals surface area contributed by atoms with Crippen molar-refractivity contribution >= 4 is 0 Å². The minimum absolute atomic E-state index is 2.71. The van der Waals surface area contributed by atoms with Crippen molar-refractivity contribution in [2.45, 2.75) is 37.3 Å². The molecule has 0 heterocycles. The molecule has 0 unspecified atom stereocenters. The number of alkyl halides is 13. The van der Waals surface area contributed by atoms with Crippen LogP contribution in [0.5, 0.6) is 0 Å². The molecule has 0 spiro atoms. The van der Waals surface area contributed by atoms with Gasteiger partial charge in [0, 0.05) is 0 Å². The van der Waals surface area contributed by atoms with Crippen LogP contribution in [0.25, 0.3) is 0 Å². The Bertz CT molecular complexity index is 240. The molecule has 0 saturated carbocycles. The van der Waals surface area contributed by atoms with E-state index < -0.39 is 37.3 Å². The highest BCUT2D eigenvalue weighted by molar-refractivity contribution is 4.77. The summed E-state index contributed by atoms with van der Waals surface area (Å²) in [6.07, 6.45) is -23.9. The fourth-order valence-corrected chi connectivity index (χ4v) is 0.351. The largest absolute Gasteiger partial charge is 0.459 e. The minimum Gasteiger partial charge on any atom is -0.203 e. The molecule has 0 rings (SSSR count). The summed E-state index contributed by atoms with van der Waals surface area (Å²) in [5, 5.41) is 0. The van der Waals surface area contributed by atoms with Gasteiger partial charge in [-0.3, -0.25) is 0 Å². The quantitative estimate of drug-likeness (QED) is 0.599. The molecule has 0 nitrogen and oxygen atoms in total. The van der Waals surface area contributed by atoms with Crippen molar-refractivity contribution in [1.29, 1.82) is 0 Å². The summed E-state index contributed by atoms with van der Waals surface area (Å²) in [5.41, 5.74) is 0. The lowest BCUT2D eigenvalue weighted by Crippen LogP contribution is -2.42. The molecule has 0 atom stereocenters. The lowest BCUT2D eigenvalue weighted by Gasteiger charge is -2.17. The van der Waals surface area contributed by atoms with Gasteiger partial charge < -0.3 is 0 Å². The third kappa shape index (κ3) is 9.64. The van der Waals surface area contributed by atoms with Gasteiger partial charge in [-0.05, 0) is 0 Å². The predicted molar refractivity (Wildman–Crippen MR) is 33.7 cm³/mol. The smallest absolute Gasteiger partial charge is 0.203 e. The zero-order valence-corrected chi connectivity index (χ0v) is 8.20. The van der Waals surface area contributed by atoms with E-state index >= 15 is 0 Å². The first-order chi connectivity index (χ1) is 7.90. The van der Waals surface area contributed by atoms with Crippen LogP contribution in [0.3, 0.4) is 0 Å². The topological polar surface area (TPSA) is 0 Å². The van der Waals surface area contributed by atoms with E-state index in [1.165, 1.54) is 0 Å². The first kappa shape index (κ1) is 20.4. The monoisotopic (exact) mass is 322 g/mol. The molecule has 0 fully saturated rings. The second-order valence-electron chi connectivity index (χ2n) is 2.83. The van der Waals surface area contributed by atoms with E-state index in [0.717, 1.165) is 0 Å². The molecule has 19 heavy (non-hydrogen) atoms. The Morgan fingerprint density at radius 1 is 0.579 bits per heavy atom. The van der Waals surface area contributed by atoms with Crippen LogP contribution < -0.4 is 0 Å². The van der Waals surface area contributed by atoms with Crippen molar-refractivity contribution in [2.24, 2.45) is 0 Å². The predicted octanol–water partition coefficient (Wildman–Crippen LogP) is 4.95. The molecule has 0 N–H and O–H groups in total. The highest BCUT2D eigenvalue weighted by Crippen LogP contribution is 2.39. The molecular formula is C6H3F13. The molecule has 0 aromatic carbocycles. The van der Waals surface area contributed by atoms with E-state index in [2.05, 4.69) is 0 Å². The van der Waals surface area contributed by atoms with Gasteiger partial charge >= 0.3 is 30.9 Å². The summed E-state index contributed by atoms with van der Waals surface area (Å²) < 4.78 is 142. The maximum Gasteiger partial charge on any atom is 0.459 e. The molecule has 0 amide bonds. The second kappa shape index (κ2) is 6.03. The van der Waals surface area contributed by atoms with E-state index in [4.69, 9.17) is 0 Å². The average Bonchev–Trinajstić information content (AvgIpc) is 1.94. The van der Waals surface area contributed by atoms with Gasteiger partial charge in [-0.15, -0.1) is 0 Å². The molecule has 0 aliphatic carbocycles. The van der Waals surface area contributed by atoms with Crippen LogP contribution in [-0.2, 0) is 0 Å². The van der Waals surface area contributed by atoms with Crippen molar-refractivity contribution < 1.29 is 57.1 Å². The van der Waals surface area contributed by atoms with Crippen molar-refractivity contribution in [3.8, 4) is 0 Å². The SMILES string of the molecule is FC(F)(F)CC(F)(F)F.FC(F)C(F)(F)C(F)(F)F. The van der Waals surface area contributed by atoms with Crippen LogP contribution >= 0.6 is 0 Å². The lowest BCUT2D eigenvalue weighted by molar-refractivity contribution is -0.320. The summed E-state index contributed by atoms with van der Waals surface area (Å²) in [6, 6.07) is 0. The Labute approximate surface area is 95.7 Å². The fraction of sp³-hybridized carbons (Fsp3) is 1.00. The van der Waals surface area contributed by atoms with E-state index in [1.807, 2.05) is 0 Å². The van der Waals surface area contributed by atoms with Gasteiger partial charge in [-0.1, -0.05) is 0 Å². The molecule has 0 aliphatic rings. The Balaban J connectivity index is 0. The first-order valence-corrected chi connectivity index (χ1v) is 3.76. The van der Waals surface area contributed by atoms with Crippen molar-refractivity contribution in [3.63, 3.8) is 0 Å². The highest BCUT2D eigenvalue weighted by Gasteiger charge is 2.64. The normalized spacial score (nSPS) is 14.2. The number of rotatable bonds is 1. The molecule has 0 aliphatic heterocycles. The van der Waals surface area contributed by atoms with Crippen LogP contribution in [0.15, 0.2) is 0 Å². The average molecular weight is 322 g/mol. The van der Waals surface area contributed by atoms with E-state index in [9.17, 15) is 57.1 Å². The van der Waals surface area contributed by atoms with Gasteiger partial charge in [-0.2, -0.15) is 48.3 Å². The minimum atomic E-state index is -6.17. The molecular weight excluding hydrogens is 319 g/mol. The number of hydrogen-bond donors (Lipinski definition) is 0. The fourth-order valence-electron chi connectivity index (χ4n) is 0.351. The van der Waals surface area contributed by atoms with E-state index in [-0.39, 0.29) is 0 Å². The van der Waals surface area contributed by atoms with Crippen molar-refractivity contribution in [3.05, 3.63) is 0 Å². The summed E-state index contributed by atoms with van der Waals surface area (Å²) in [4.78, 5) is 0. The standard InChI is InChI=1S/C3HF7.C3H2F6/c4-1(5)2(6,7)3(8,9)10;4-2(5,6)1-3(7,8)9/h1H;1H2. The maximum atomic E-state index is 11.2. The number of hydrogen-bond acceptors (Lipinski definition) is 0. The zero-order chi connectivity index (χ0) is 16.3. The Morgan fingerprint density at radius 2 is 0.842 bits per heavy atom. The van der Waals surface area contributed by atoms with E-state index in [1.54, 1.807) is 0 Å². The Hall–Kier alpha value is -0.910. The zero-order valence-electron chi connectivity index (χ0n) is 8.20. The molecule has 0 saturated heterocycles. The molecule has 0 radical (unpaired) electrons. The molecule has 118 valence electrons. The van der Waals surface area contributed by atoms with Gasteiger partial charge in [0.25, 0.3) is 0 Å². The maximum absolute atomic E-state index is 11.2. The second-order valence-corrected chi connectivity index (χ2v) is 2.83. The third-order valence-corrected chi connectivity index (χ3v) is 1.05. The summed E-state index contributed by atoms with van der Waals surface area (Å²) in [5.74, 6) is -5.90. The van der Waals surface area contributed by atoms with Gasteiger partial charge in [0.05, 0.1) is 0 Å². The molecule has 13 heteroatoms. The van der Waals surface area contributed by atoms with Crippen LogP contribution in [0, 0.1) is 0 Å². The number of halogens is 13. The van der Waals surface area contributed by atoms with Gasteiger partial charge in [-0.25, -0.2) is 8.78 Å². The van der Waals surface area contributed by atoms with Crippen LogP contribution in [0.4, 0.5) is 57.1 Å². The molecule has 0 aromatic heterocycles.